The summed E-state index contributed by atoms with van der Waals surface area (Å²) in [5.41, 5.74) is 2.17. The van der Waals surface area contributed by atoms with Crippen LogP contribution in [0.15, 0.2) is 23.3 Å². The van der Waals surface area contributed by atoms with Gasteiger partial charge in [0.1, 0.15) is 0 Å². The second-order valence-electron chi connectivity index (χ2n) is 11.4. The molecular weight excluding hydrogens is 390 g/mol. The van der Waals surface area contributed by atoms with Crippen molar-refractivity contribution in [2.45, 2.75) is 89.9 Å². The molecule has 0 aromatic heterocycles. The van der Waals surface area contributed by atoms with E-state index in [1.54, 1.807) is 0 Å². The van der Waals surface area contributed by atoms with Gasteiger partial charge in [-0.1, -0.05) is 44.1 Å². The first kappa shape index (κ1) is 23.4. The molecule has 0 heterocycles. The monoisotopic (exact) mass is 433 g/mol. The van der Waals surface area contributed by atoms with Gasteiger partial charge in [-0.2, -0.15) is 0 Å². The summed E-state index contributed by atoms with van der Waals surface area (Å²) in [6.07, 6.45) is 11.3. The fourth-order valence-electron chi connectivity index (χ4n) is 7.63. The van der Waals surface area contributed by atoms with Crippen molar-refractivity contribution in [2.24, 2.45) is 22.7 Å². The van der Waals surface area contributed by atoms with E-state index in [0.717, 1.165) is 57.9 Å². The van der Waals surface area contributed by atoms with Crippen LogP contribution in [0.5, 0.6) is 0 Å². The highest BCUT2D eigenvalue weighted by Gasteiger charge is 2.62. The molecule has 0 aromatic rings. The second kappa shape index (κ2) is 8.57. The standard InChI is InChI=1S/C26H43NO4/c1-4-13-27(15-20(30)16-28)17-26(31)12-9-23-21-6-5-18-14-19(29)7-10-24(18,2)22(21)8-11-25(23,26)3/h5-6,19-20,22-23,28-31H,4,7-17H2,1-3H3/t19-,20-,22-,23-,24-,25-,26+/m0/s1. The van der Waals surface area contributed by atoms with Gasteiger partial charge < -0.3 is 20.4 Å². The van der Waals surface area contributed by atoms with Crippen LogP contribution in [0, 0.1) is 22.7 Å². The number of nitrogens with zero attached hydrogens (tertiary/aromatic N) is 1. The minimum atomic E-state index is -0.776. The molecule has 4 aliphatic rings. The number of hydrogen-bond acceptors (Lipinski definition) is 5. The Kier molecular flexibility index (Phi) is 6.48. The zero-order valence-corrected chi connectivity index (χ0v) is 19.7. The summed E-state index contributed by atoms with van der Waals surface area (Å²) in [5, 5.41) is 41.5. The Hall–Kier alpha value is -0.720. The van der Waals surface area contributed by atoms with E-state index in [-0.39, 0.29) is 23.5 Å². The topological polar surface area (TPSA) is 84.2 Å². The average Bonchev–Trinajstić information content (AvgIpc) is 2.99. The summed E-state index contributed by atoms with van der Waals surface area (Å²) in [4.78, 5) is 2.15. The van der Waals surface area contributed by atoms with Gasteiger partial charge in [0.2, 0.25) is 0 Å². The molecule has 4 rings (SSSR count). The minimum absolute atomic E-state index is 0.158. The van der Waals surface area contributed by atoms with Crippen molar-refractivity contribution in [3.63, 3.8) is 0 Å². The van der Waals surface area contributed by atoms with Crippen LogP contribution < -0.4 is 0 Å². The molecule has 0 spiro atoms. The summed E-state index contributed by atoms with van der Waals surface area (Å²) < 4.78 is 0. The number of allylic oxidation sites excluding steroid dienone is 3. The quantitative estimate of drug-likeness (QED) is 0.496. The summed E-state index contributed by atoms with van der Waals surface area (Å²) in [5.74, 6) is 0.923. The third-order valence-electron chi connectivity index (χ3n) is 9.57. The molecule has 0 aromatic carbocycles. The lowest BCUT2D eigenvalue weighted by Crippen LogP contribution is -2.56. The Morgan fingerprint density at radius 2 is 1.84 bits per heavy atom. The van der Waals surface area contributed by atoms with Crippen LogP contribution in [0.3, 0.4) is 0 Å². The lowest BCUT2D eigenvalue weighted by Gasteiger charge is -2.56. The van der Waals surface area contributed by atoms with Crippen LogP contribution in [0.2, 0.25) is 0 Å². The van der Waals surface area contributed by atoms with E-state index < -0.39 is 11.7 Å². The third kappa shape index (κ3) is 3.85. The summed E-state index contributed by atoms with van der Waals surface area (Å²) in [6.45, 7) is 8.36. The fraction of sp³-hybridized carbons (Fsp3) is 0.846. The van der Waals surface area contributed by atoms with Gasteiger partial charge in [0.25, 0.3) is 0 Å². The average molecular weight is 434 g/mol. The highest BCUT2D eigenvalue weighted by molar-refractivity contribution is 5.39. The molecule has 3 saturated carbocycles. The van der Waals surface area contributed by atoms with Crippen molar-refractivity contribution in [1.82, 2.24) is 4.90 Å². The predicted molar refractivity (Wildman–Crippen MR) is 122 cm³/mol. The van der Waals surface area contributed by atoms with Gasteiger partial charge in [0.15, 0.2) is 0 Å². The van der Waals surface area contributed by atoms with Crippen LogP contribution in [0.25, 0.3) is 0 Å². The highest BCUT2D eigenvalue weighted by Crippen LogP contribution is 2.65. The largest absolute Gasteiger partial charge is 0.394 e. The fourth-order valence-corrected chi connectivity index (χ4v) is 7.63. The normalized spacial score (nSPS) is 43.0. The van der Waals surface area contributed by atoms with Crippen molar-refractivity contribution in [1.29, 1.82) is 0 Å². The van der Waals surface area contributed by atoms with E-state index in [1.165, 1.54) is 11.1 Å². The van der Waals surface area contributed by atoms with Gasteiger partial charge in [-0.05, 0) is 75.2 Å². The number of aliphatic hydroxyl groups excluding tert-OH is 3. The first-order valence-electron chi connectivity index (χ1n) is 12.5. The molecule has 5 heteroatoms. The molecule has 0 unspecified atom stereocenters. The zero-order valence-electron chi connectivity index (χ0n) is 19.7. The second-order valence-corrected chi connectivity index (χ2v) is 11.4. The van der Waals surface area contributed by atoms with Crippen molar-refractivity contribution in [3.8, 4) is 0 Å². The molecule has 0 radical (unpaired) electrons. The zero-order chi connectivity index (χ0) is 22.4. The number of hydrogen-bond donors (Lipinski definition) is 4. The maximum absolute atomic E-state index is 12.0. The van der Waals surface area contributed by atoms with E-state index in [0.29, 0.717) is 24.9 Å². The van der Waals surface area contributed by atoms with E-state index in [4.69, 9.17) is 0 Å². The predicted octanol–water partition coefficient (Wildman–Crippen LogP) is 3.03. The van der Waals surface area contributed by atoms with Gasteiger partial charge in [-0.15, -0.1) is 0 Å². The van der Waals surface area contributed by atoms with Crippen molar-refractivity contribution < 1.29 is 20.4 Å². The minimum Gasteiger partial charge on any atom is -0.394 e. The Morgan fingerprint density at radius 1 is 1.10 bits per heavy atom. The lowest BCUT2D eigenvalue weighted by atomic mass is 9.50. The molecular formula is C26H43NO4. The molecule has 176 valence electrons. The van der Waals surface area contributed by atoms with E-state index in [2.05, 4.69) is 37.8 Å². The molecule has 0 bridgehead atoms. The van der Waals surface area contributed by atoms with Crippen molar-refractivity contribution in [2.75, 3.05) is 26.2 Å². The molecule has 7 atom stereocenters. The van der Waals surface area contributed by atoms with E-state index >= 15 is 0 Å². The number of fused-ring (bicyclic) bond motifs is 5. The van der Waals surface area contributed by atoms with E-state index in [1.807, 2.05) is 0 Å². The Balaban J connectivity index is 1.58. The van der Waals surface area contributed by atoms with Gasteiger partial charge in [0.05, 0.1) is 24.4 Å². The van der Waals surface area contributed by atoms with Gasteiger partial charge >= 0.3 is 0 Å². The molecule has 4 N–H and O–H groups in total. The molecule has 0 aliphatic heterocycles. The molecule has 5 nitrogen and oxygen atoms in total. The molecule has 31 heavy (non-hydrogen) atoms. The molecule has 3 fully saturated rings. The van der Waals surface area contributed by atoms with Crippen LogP contribution >= 0.6 is 0 Å². The maximum Gasteiger partial charge on any atom is 0.0897 e. The van der Waals surface area contributed by atoms with Crippen LogP contribution in [-0.4, -0.2) is 69.4 Å². The van der Waals surface area contributed by atoms with Gasteiger partial charge in [0, 0.05) is 18.5 Å². The molecule has 0 saturated heterocycles. The Labute approximate surface area is 187 Å². The Bertz CT molecular complexity index is 735. The van der Waals surface area contributed by atoms with Gasteiger partial charge in [-0.25, -0.2) is 0 Å². The molecule has 4 aliphatic carbocycles. The Morgan fingerprint density at radius 3 is 2.55 bits per heavy atom. The van der Waals surface area contributed by atoms with Crippen LogP contribution in [-0.2, 0) is 0 Å². The van der Waals surface area contributed by atoms with E-state index in [9.17, 15) is 20.4 Å². The summed E-state index contributed by atoms with van der Waals surface area (Å²) in [7, 11) is 0. The van der Waals surface area contributed by atoms with Crippen LogP contribution in [0.4, 0.5) is 0 Å². The number of rotatable bonds is 7. The SMILES string of the molecule is CCCN(C[C@H](O)CO)C[C@]1(O)CC[C@H]2C3=CC=C4C[C@@H](O)CC[C@]4(C)[C@H]3CC[C@@]21C. The van der Waals surface area contributed by atoms with Crippen LogP contribution in [0.1, 0.15) is 72.1 Å². The van der Waals surface area contributed by atoms with Gasteiger partial charge in [-0.3, -0.25) is 4.90 Å². The van der Waals surface area contributed by atoms with Crippen molar-refractivity contribution in [3.05, 3.63) is 23.3 Å². The van der Waals surface area contributed by atoms with Crippen molar-refractivity contribution >= 4 is 0 Å². The summed E-state index contributed by atoms with van der Waals surface area (Å²) in [6, 6.07) is 0. The lowest BCUT2D eigenvalue weighted by molar-refractivity contribution is -0.106. The number of aliphatic hydroxyl groups is 4. The first-order valence-corrected chi connectivity index (χ1v) is 12.5. The maximum atomic E-state index is 12.0. The third-order valence-corrected chi connectivity index (χ3v) is 9.57. The highest BCUT2D eigenvalue weighted by atomic mass is 16.3. The molecule has 0 amide bonds. The smallest absolute Gasteiger partial charge is 0.0897 e. The first-order chi connectivity index (χ1) is 14.7. The summed E-state index contributed by atoms with van der Waals surface area (Å²) >= 11 is 0.